The van der Waals surface area contributed by atoms with Gasteiger partial charge in [0.15, 0.2) is 0 Å². The van der Waals surface area contributed by atoms with Gasteiger partial charge in [0, 0.05) is 19.8 Å². The van der Waals surface area contributed by atoms with Gasteiger partial charge in [-0.15, -0.1) is 0 Å². The van der Waals surface area contributed by atoms with E-state index < -0.39 is 18.1 Å². The molecular weight excluding hydrogens is 300 g/mol. The molecule has 2 amide bonds. The number of nitrogens with one attached hydrogen (secondary N) is 1. The monoisotopic (exact) mass is 316 g/mol. The molecule has 0 aliphatic rings. The standard InChI is InChI=1S/C13H17ClN2O5/c1-16(6-9(17)7-21-2)13(20)15-8-3-4-11(14)10(5-8)12(18)19/h3-5,9,17H,6-7H2,1-2H3,(H,15,20)(H,18,19). The van der Waals surface area contributed by atoms with Crippen LogP contribution in [0.25, 0.3) is 0 Å². The SMILES string of the molecule is COCC(O)CN(C)C(=O)Nc1ccc(Cl)c(C(=O)O)c1. The highest BCUT2D eigenvalue weighted by atomic mass is 35.5. The lowest BCUT2D eigenvalue weighted by atomic mass is 10.2. The number of nitrogens with zero attached hydrogens (tertiary/aromatic N) is 1. The minimum absolute atomic E-state index is 0.0824. The number of benzene rings is 1. The summed E-state index contributed by atoms with van der Waals surface area (Å²) in [6.07, 6.45) is -0.800. The molecule has 0 radical (unpaired) electrons. The number of halogens is 1. The van der Waals surface area contributed by atoms with Gasteiger partial charge in [-0.1, -0.05) is 11.6 Å². The molecule has 0 aliphatic carbocycles. The van der Waals surface area contributed by atoms with Crippen molar-refractivity contribution in [1.82, 2.24) is 4.90 Å². The summed E-state index contributed by atoms with van der Waals surface area (Å²) in [6, 6.07) is 3.66. The Hall–Kier alpha value is -1.83. The van der Waals surface area contributed by atoms with Gasteiger partial charge >= 0.3 is 12.0 Å². The molecule has 0 fully saturated rings. The molecule has 3 N–H and O–H groups in total. The van der Waals surface area contributed by atoms with Gasteiger partial charge in [0.2, 0.25) is 0 Å². The van der Waals surface area contributed by atoms with E-state index in [1.807, 2.05) is 0 Å². The summed E-state index contributed by atoms with van der Waals surface area (Å²) < 4.78 is 4.77. The van der Waals surface area contributed by atoms with Gasteiger partial charge in [0.25, 0.3) is 0 Å². The van der Waals surface area contributed by atoms with Gasteiger partial charge in [-0.05, 0) is 18.2 Å². The van der Waals surface area contributed by atoms with Crippen LogP contribution >= 0.6 is 11.6 Å². The Balaban J connectivity index is 2.70. The largest absolute Gasteiger partial charge is 0.478 e. The van der Waals surface area contributed by atoms with E-state index in [9.17, 15) is 14.7 Å². The average molecular weight is 317 g/mol. The van der Waals surface area contributed by atoms with Crippen LogP contribution in [0.5, 0.6) is 0 Å². The van der Waals surface area contributed by atoms with Crippen molar-refractivity contribution in [3.8, 4) is 0 Å². The van der Waals surface area contributed by atoms with Crippen LogP contribution in [0.3, 0.4) is 0 Å². The van der Waals surface area contributed by atoms with Crippen molar-refractivity contribution in [3.05, 3.63) is 28.8 Å². The second-order valence-electron chi connectivity index (χ2n) is 4.42. The summed E-state index contributed by atoms with van der Waals surface area (Å²) >= 11 is 5.74. The number of likely N-dealkylation sites (N-methyl/N-ethyl adjacent to an activating group) is 1. The number of hydrogen-bond donors (Lipinski definition) is 3. The molecule has 0 aliphatic heterocycles. The van der Waals surface area contributed by atoms with Gasteiger partial charge in [0.05, 0.1) is 29.8 Å². The van der Waals surface area contributed by atoms with Crippen molar-refractivity contribution in [2.45, 2.75) is 6.10 Å². The lowest BCUT2D eigenvalue weighted by molar-refractivity contribution is 0.0501. The fraction of sp³-hybridized carbons (Fsp3) is 0.385. The molecule has 8 heteroatoms. The summed E-state index contributed by atoms with van der Waals surface area (Å²) in [5, 5.41) is 21.1. The van der Waals surface area contributed by atoms with Crippen LogP contribution in [0, 0.1) is 0 Å². The molecule has 0 heterocycles. The number of carboxylic acids is 1. The number of methoxy groups -OCH3 is 1. The third kappa shape index (κ3) is 5.22. The van der Waals surface area contributed by atoms with Gasteiger partial charge in [-0.3, -0.25) is 0 Å². The Morgan fingerprint density at radius 2 is 2.14 bits per heavy atom. The molecule has 7 nitrogen and oxygen atoms in total. The summed E-state index contributed by atoms with van der Waals surface area (Å²) in [4.78, 5) is 24.1. The summed E-state index contributed by atoms with van der Waals surface area (Å²) in [5.41, 5.74) is 0.200. The first-order valence-corrected chi connectivity index (χ1v) is 6.45. The summed E-state index contributed by atoms with van der Waals surface area (Å²) in [7, 11) is 2.95. The topological polar surface area (TPSA) is 99.1 Å². The number of ether oxygens (including phenoxy) is 1. The van der Waals surface area contributed by atoms with Crippen LogP contribution in [0.2, 0.25) is 5.02 Å². The lowest BCUT2D eigenvalue weighted by Gasteiger charge is -2.21. The van der Waals surface area contributed by atoms with Gasteiger partial charge in [-0.25, -0.2) is 9.59 Å². The van der Waals surface area contributed by atoms with E-state index in [0.29, 0.717) is 5.69 Å². The zero-order chi connectivity index (χ0) is 16.0. The highest BCUT2D eigenvalue weighted by Crippen LogP contribution is 2.20. The molecule has 21 heavy (non-hydrogen) atoms. The molecule has 0 saturated carbocycles. The number of aromatic carboxylic acids is 1. The van der Waals surface area contributed by atoms with Crippen LogP contribution in [0.15, 0.2) is 18.2 Å². The number of amides is 2. The van der Waals surface area contributed by atoms with Crippen molar-refractivity contribution in [1.29, 1.82) is 0 Å². The molecule has 1 rings (SSSR count). The van der Waals surface area contributed by atoms with E-state index in [4.69, 9.17) is 21.4 Å². The summed E-state index contributed by atoms with van der Waals surface area (Å²) in [6.45, 7) is 0.195. The Bertz CT molecular complexity index is 523. The van der Waals surface area contributed by atoms with Crippen molar-refractivity contribution < 1.29 is 24.5 Å². The number of hydrogen-bond acceptors (Lipinski definition) is 4. The second kappa shape index (κ2) is 7.82. The molecule has 1 aromatic carbocycles. The molecule has 1 aromatic rings. The molecule has 1 atom stereocenters. The molecule has 116 valence electrons. The predicted molar refractivity (Wildman–Crippen MR) is 77.9 cm³/mol. The maximum absolute atomic E-state index is 11.9. The van der Waals surface area contributed by atoms with E-state index in [1.165, 1.54) is 37.3 Å². The molecule has 1 unspecified atom stereocenters. The van der Waals surface area contributed by atoms with Crippen molar-refractivity contribution in [2.75, 3.05) is 32.6 Å². The number of carboxylic acid groups (broad SMARTS) is 1. The van der Waals surface area contributed by atoms with Crippen molar-refractivity contribution in [3.63, 3.8) is 0 Å². The van der Waals surface area contributed by atoms with Gasteiger partial charge < -0.3 is 25.2 Å². The quantitative estimate of drug-likeness (QED) is 0.739. The number of anilines is 1. The van der Waals surface area contributed by atoms with E-state index in [-0.39, 0.29) is 23.7 Å². The van der Waals surface area contributed by atoms with Crippen molar-refractivity contribution >= 4 is 29.3 Å². The first-order valence-electron chi connectivity index (χ1n) is 6.07. The number of carbonyl (C=O) groups excluding carboxylic acids is 1. The van der Waals surface area contributed by atoms with Gasteiger partial charge in [0.1, 0.15) is 0 Å². The zero-order valence-electron chi connectivity index (χ0n) is 11.7. The molecule has 0 aromatic heterocycles. The number of aliphatic hydroxyl groups is 1. The highest BCUT2D eigenvalue weighted by molar-refractivity contribution is 6.33. The Kier molecular flexibility index (Phi) is 6.41. The highest BCUT2D eigenvalue weighted by Gasteiger charge is 2.15. The average Bonchev–Trinajstić information content (AvgIpc) is 2.40. The first kappa shape index (κ1) is 17.2. The van der Waals surface area contributed by atoms with Crippen LogP contribution in [0.1, 0.15) is 10.4 Å². The van der Waals surface area contributed by atoms with E-state index in [1.54, 1.807) is 0 Å². The normalized spacial score (nSPS) is 11.8. The fourth-order valence-corrected chi connectivity index (χ4v) is 1.83. The molecule has 0 spiro atoms. The number of urea groups is 1. The third-order valence-corrected chi connectivity index (χ3v) is 2.97. The fourth-order valence-electron chi connectivity index (χ4n) is 1.63. The van der Waals surface area contributed by atoms with Crippen LogP contribution in [0.4, 0.5) is 10.5 Å². The maximum Gasteiger partial charge on any atom is 0.337 e. The van der Waals surface area contributed by atoms with Crippen LogP contribution in [-0.4, -0.2) is 60.5 Å². The maximum atomic E-state index is 11.9. The first-order chi connectivity index (χ1) is 9.85. The number of aliphatic hydroxyl groups excluding tert-OH is 1. The number of rotatable bonds is 6. The van der Waals surface area contributed by atoms with Crippen LogP contribution < -0.4 is 5.32 Å². The van der Waals surface area contributed by atoms with E-state index >= 15 is 0 Å². The molecular formula is C13H17ClN2O5. The van der Waals surface area contributed by atoms with Crippen LogP contribution in [-0.2, 0) is 4.74 Å². The Morgan fingerprint density at radius 1 is 1.48 bits per heavy atom. The predicted octanol–water partition coefficient (Wildman–Crippen LogP) is 1.51. The second-order valence-corrected chi connectivity index (χ2v) is 4.83. The third-order valence-electron chi connectivity index (χ3n) is 2.64. The minimum atomic E-state index is -1.18. The lowest BCUT2D eigenvalue weighted by Crippen LogP contribution is -2.38. The van der Waals surface area contributed by atoms with Crippen molar-refractivity contribution in [2.24, 2.45) is 0 Å². The number of carbonyl (C=O) groups is 2. The van der Waals surface area contributed by atoms with Gasteiger partial charge in [-0.2, -0.15) is 0 Å². The zero-order valence-corrected chi connectivity index (χ0v) is 12.4. The van der Waals surface area contributed by atoms with E-state index in [2.05, 4.69) is 5.32 Å². The molecule has 0 saturated heterocycles. The Labute approximate surface area is 127 Å². The molecule has 0 bridgehead atoms. The Morgan fingerprint density at radius 3 is 2.71 bits per heavy atom. The summed E-state index contributed by atoms with van der Waals surface area (Å²) in [5.74, 6) is -1.18. The minimum Gasteiger partial charge on any atom is -0.478 e. The van der Waals surface area contributed by atoms with E-state index in [0.717, 1.165) is 0 Å². The smallest absolute Gasteiger partial charge is 0.337 e.